The zero-order valence-electron chi connectivity index (χ0n) is 18.1. The van der Waals surface area contributed by atoms with Crippen LogP contribution in [-0.4, -0.2) is 54.2 Å². The summed E-state index contributed by atoms with van der Waals surface area (Å²) in [7, 11) is 3.01. The number of amidine groups is 1. The van der Waals surface area contributed by atoms with Gasteiger partial charge in [0.25, 0.3) is 0 Å². The monoisotopic (exact) mass is 441 g/mol. The predicted molar refractivity (Wildman–Crippen MR) is 120 cm³/mol. The molecule has 1 atom stereocenters. The molecule has 1 saturated heterocycles. The number of thioether (sulfide) groups is 1. The number of nitrogens with zero attached hydrogens (tertiary/aromatic N) is 3. The average Bonchev–Trinajstić information content (AvgIpc) is 3.48. The number of hydrogen-bond donors (Lipinski definition) is 0. The van der Waals surface area contributed by atoms with Crippen LogP contribution in [0.5, 0.6) is 5.75 Å². The Morgan fingerprint density at radius 3 is 2.48 bits per heavy atom. The minimum absolute atomic E-state index is 0.115. The number of carbonyl (C=O) groups excluding carboxylic acids is 2. The maximum Gasteiger partial charge on any atom is 0.338 e. The van der Waals surface area contributed by atoms with E-state index in [1.54, 1.807) is 7.11 Å². The lowest BCUT2D eigenvalue weighted by Gasteiger charge is -2.36. The van der Waals surface area contributed by atoms with Crippen molar-refractivity contribution in [1.82, 2.24) is 9.80 Å². The van der Waals surface area contributed by atoms with E-state index in [9.17, 15) is 9.59 Å². The van der Waals surface area contributed by atoms with Crippen LogP contribution in [-0.2, 0) is 14.3 Å². The van der Waals surface area contributed by atoms with Crippen LogP contribution in [0.1, 0.15) is 44.2 Å². The number of carbonyl (C=O) groups is 2. The van der Waals surface area contributed by atoms with E-state index in [2.05, 4.69) is 0 Å². The van der Waals surface area contributed by atoms with Crippen molar-refractivity contribution in [1.29, 1.82) is 0 Å². The van der Waals surface area contributed by atoms with Crippen LogP contribution < -0.4 is 4.74 Å². The third-order valence-corrected chi connectivity index (χ3v) is 6.74. The van der Waals surface area contributed by atoms with Gasteiger partial charge in [-0.2, -0.15) is 0 Å². The van der Waals surface area contributed by atoms with Crippen molar-refractivity contribution in [2.45, 2.75) is 38.6 Å². The summed E-state index contributed by atoms with van der Waals surface area (Å²) in [6.45, 7) is 3.61. The highest BCUT2D eigenvalue weighted by Gasteiger charge is 2.41. The molecule has 31 heavy (non-hydrogen) atoms. The molecule has 1 aromatic rings. The van der Waals surface area contributed by atoms with Gasteiger partial charge in [-0.1, -0.05) is 30.8 Å². The highest BCUT2D eigenvalue weighted by Crippen LogP contribution is 2.45. The molecule has 4 rings (SSSR count). The molecule has 0 bridgehead atoms. The van der Waals surface area contributed by atoms with Crippen LogP contribution >= 0.6 is 11.8 Å². The molecule has 0 aromatic heterocycles. The van der Waals surface area contributed by atoms with Gasteiger partial charge in [-0.15, -0.1) is 0 Å². The second-order valence-corrected chi connectivity index (χ2v) is 8.47. The topological polar surface area (TPSA) is 71.4 Å². The molecular weight excluding hydrogens is 414 g/mol. The Morgan fingerprint density at radius 1 is 1.16 bits per heavy atom. The second-order valence-electron chi connectivity index (χ2n) is 7.64. The zero-order valence-corrected chi connectivity index (χ0v) is 18.9. The van der Waals surface area contributed by atoms with Crippen LogP contribution in [0.4, 0.5) is 0 Å². The molecule has 3 heterocycles. The standard InChI is InChI=1S/C23H27N3O4S/c1-4-18-20(22(28)30-3)21(15-7-9-17(29-2)10-8-15)26-16(14-31-23(26)24-18)13-19(27)25-11-5-6-12-25/h7-10,14,21H,4-6,11-13H2,1-3H3. The van der Waals surface area contributed by atoms with Gasteiger partial charge in [0, 0.05) is 18.8 Å². The van der Waals surface area contributed by atoms with Gasteiger partial charge >= 0.3 is 5.97 Å². The van der Waals surface area contributed by atoms with Crippen molar-refractivity contribution < 1.29 is 19.1 Å². The van der Waals surface area contributed by atoms with E-state index in [0.717, 1.165) is 48.1 Å². The SMILES string of the molecule is CCC1=C(C(=O)OC)C(c2ccc(OC)cc2)N2C(CC(=O)N3CCCC3)=CSC2=N1. The first-order valence-electron chi connectivity index (χ1n) is 10.5. The number of hydrogen-bond acceptors (Lipinski definition) is 7. The minimum Gasteiger partial charge on any atom is -0.497 e. The molecule has 8 heteroatoms. The fourth-order valence-corrected chi connectivity index (χ4v) is 5.18. The number of amides is 1. The van der Waals surface area contributed by atoms with E-state index in [0.29, 0.717) is 17.7 Å². The summed E-state index contributed by atoms with van der Waals surface area (Å²) >= 11 is 1.50. The molecular formula is C23H27N3O4S. The van der Waals surface area contributed by atoms with Gasteiger partial charge in [-0.05, 0) is 42.4 Å². The molecule has 164 valence electrons. The first-order chi connectivity index (χ1) is 15.1. The highest BCUT2D eigenvalue weighted by atomic mass is 32.2. The fourth-order valence-electron chi connectivity index (χ4n) is 4.25. The molecule has 3 aliphatic rings. The number of aliphatic imine (C=N–C) groups is 1. The van der Waals surface area contributed by atoms with E-state index in [1.807, 2.05) is 46.4 Å². The third-order valence-electron chi connectivity index (χ3n) is 5.85. The van der Waals surface area contributed by atoms with Gasteiger partial charge < -0.3 is 19.3 Å². The zero-order chi connectivity index (χ0) is 22.0. The second kappa shape index (κ2) is 9.18. The molecule has 1 aromatic carbocycles. The van der Waals surface area contributed by atoms with Crippen molar-refractivity contribution in [2.75, 3.05) is 27.3 Å². The molecule has 3 aliphatic heterocycles. The van der Waals surface area contributed by atoms with E-state index in [4.69, 9.17) is 14.5 Å². The number of benzene rings is 1. The quantitative estimate of drug-likeness (QED) is 0.625. The molecule has 1 fully saturated rings. The molecule has 7 nitrogen and oxygen atoms in total. The number of rotatable bonds is 6. The Morgan fingerprint density at radius 2 is 1.87 bits per heavy atom. The van der Waals surface area contributed by atoms with E-state index >= 15 is 0 Å². The van der Waals surface area contributed by atoms with Gasteiger partial charge in [0.2, 0.25) is 5.91 Å². The van der Waals surface area contributed by atoms with Crippen molar-refractivity contribution in [3.63, 3.8) is 0 Å². The number of esters is 1. The van der Waals surface area contributed by atoms with E-state index < -0.39 is 12.0 Å². The summed E-state index contributed by atoms with van der Waals surface area (Å²) in [5.41, 5.74) is 3.01. The Bertz CT molecular complexity index is 962. The largest absolute Gasteiger partial charge is 0.497 e. The van der Waals surface area contributed by atoms with Gasteiger partial charge in [0.05, 0.1) is 38.0 Å². The number of ether oxygens (including phenoxy) is 2. The molecule has 0 N–H and O–H groups in total. The summed E-state index contributed by atoms with van der Waals surface area (Å²) < 4.78 is 10.5. The Hall–Kier alpha value is -2.74. The molecule has 0 aliphatic carbocycles. The normalized spacial score (nSPS) is 20.4. The first-order valence-corrected chi connectivity index (χ1v) is 11.4. The fraction of sp³-hybridized carbons (Fsp3) is 0.435. The molecule has 0 saturated carbocycles. The highest BCUT2D eigenvalue weighted by molar-refractivity contribution is 8.16. The van der Waals surface area contributed by atoms with Crippen LogP contribution in [0.15, 0.2) is 51.6 Å². The Kier molecular flexibility index (Phi) is 6.36. The number of methoxy groups -OCH3 is 2. The lowest BCUT2D eigenvalue weighted by Crippen LogP contribution is -2.38. The van der Waals surface area contributed by atoms with E-state index in [1.165, 1.54) is 18.9 Å². The van der Waals surface area contributed by atoms with Gasteiger partial charge in [-0.3, -0.25) is 4.79 Å². The smallest absolute Gasteiger partial charge is 0.338 e. The van der Waals surface area contributed by atoms with Crippen LogP contribution in [0.2, 0.25) is 0 Å². The molecule has 1 amide bonds. The van der Waals surface area contributed by atoms with Crippen molar-refractivity contribution >= 4 is 28.8 Å². The summed E-state index contributed by atoms with van der Waals surface area (Å²) in [6.07, 6.45) is 3.00. The first kappa shape index (κ1) is 21.5. The minimum atomic E-state index is -0.409. The Balaban J connectivity index is 1.73. The summed E-state index contributed by atoms with van der Waals surface area (Å²) in [4.78, 5) is 34.4. The number of allylic oxidation sites excluding steroid dienone is 1. The maximum atomic E-state index is 12.9. The van der Waals surface area contributed by atoms with Crippen molar-refractivity contribution in [2.24, 2.45) is 4.99 Å². The maximum absolute atomic E-state index is 12.9. The van der Waals surface area contributed by atoms with Crippen molar-refractivity contribution in [3.8, 4) is 5.75 Å². The number of likely N-dealkylation sites (tertiary alicyclic amines) is 1. The van der Waals surface area contributed by atoms with Crippen LogP contribution in [0.3, 0.4) is 0 Å². The third kappa shape index (κ3) is 4.08. The number of fused-ring (bicyclic) bond motifs is 1. The lowest BCUT2D eigenvalue weighted by atomic mass is 9.92. The summed E-state index contributed by atoms with van der Waals surface area (Å²) in [6, 6.07) is 7.25. The van der Waals surface area contributed by atoms with E-state index in [-0.39, 0.29) is 12.3 Å². The van der Waals surface area contributed by atoms with Gasteiger partial charge in [0.15, 0.2) is 5.17 Å². The summed E-state index contributed by atoms with van der Waals surface area (Å²) in [5.74, 6) is 0.454. The van der Waals surface area contributed by atoms with Crippen LogP contribution in [0, 0.1) is 0 Å². The summed E-state index contributed by atoms with van der Waals surface area (Å²) in [5, 5.41) is 2.77. The molecule has 1 unspecified atom stereocenters. The van der Waals surface area contributed by atoms with Crippen LogP contribution in [0.25, 0.3) is 0 Å². The molecule has 0 radical (unpaired) electrons. The predicted octanol–water partition coefficient (Wildman–Crippen LogP) is 3.85. The Labute approximate surface area is 186 Å². The van der Waals surface area contributed by atoms with Gasteiger partial charge in [-0.25, -0.2) is 9.79 Å². The lowest BCUT2D eigenvalue weighted by molar-refractivity contribution is -0.136. The van der Waals surface area contributed by atoms with Gasteiger partial charge in [0.1, 0.15) is 5.75 Å². The molecule has 0 spiro atoms. The van der Waals surface area contributed by atoms with Crippen molar-refractivity contribution in [3.05, 3.63) is 52.2 Å². The average molecular weight is 442 g/mol.